The highest BCUT2D eigenvalue weighted by atomic mass is 16.5. The van der Waals surface area contributed by atoms with Crippen molar-refractivity contribution in [3.8, 4) is 5.75 Å². The molecule has 0 saturated heterocycles. The first kappa shape index (κ1) is 19.4. The van der Waals surface area contributed by atoms with Crippen LogP contribution in [0.25, 0.3) is 0 Å². The van der Waals surface area contributed by atoms with E-state index in [9.17, 15) is 14.4 Å². The Labute approximate surface area is 163 Å². The molecule has 0 radical (unpaired) electrons. The van der Waals surface area contributed by atoms with Crippen molar-refractivity contribution in [2.75, 3.05) is 27.8 Å². The molecule has 2 aromatic carbocycles. The van der Waals surface area contributed by atoms with E-state index in [1.54, 1.807) is 55.5 Å². The zero-order chi connectivity index (χ0) is 20.3. The van der Waals surface area contributed by atoms with E-state index in [1.807, 2.05) is 12.1 Å². The summed E-state index contributed by atoms with van der Waals surface area (Å²) in [6, 6.07) is 13.8. The molecule has 0 unspecified atom stereocenters. The molecule has 146 valence electrons. The summed E-state index contributed by atoms with van der Waals surface area (Å²) in [5.41, 5.74) is 1.91. The molecule has 2 atom stereocenters. The number of carbonyl (C=O) groups is 3. The van der Waals surface area contributed by atoms with Gasteiger partial charge in [0.05, 0.1) is 26.2 Å². The van der Waals surface area contributed by atoms with Crippen LogP contribution in [0.2, 0.25) is 0 Å². The van der Waals surface area contributed by atoms with Crippen LogP contribution in [0.1, 0.15) is 33.4 Å². The Hall–Kier alpha value is -3.35. The Kier molecular flexibility index (Phi) is 5.63. The van der Waals surface area contributed by atoms with Gasteiger partial charge in [-0.1, -0.05) is 30.3 Å². The van der Waals surface area contributed by atoms with Gasteiger partial charge in [-0.2, -0.15) is 0 Å². The van der Waals surface area contributed by atoms with Crippen molar-refractivity contribution in [3.63, 3.8) is 0 Å². The van der Waals surface area contributed by atoms with E-state index in [-0.39, 0.29) is 18.4 Å². The summed E-state index contributed by atoms with van der Waals surface area (Å²) in [6.07, 6.45) is 0. The Bertz CT molecular complexity index is 894. The number of nitrogens with one attached hydrogen (secondary N) is 1. The molecule has 1 heterocycles. The summed E-state index contributed by atoms with van der Waals surface area (Å²) < 4.78 is 9.80. The fourth-order valence-corrected chi connectivity index (χ4v) is 3.52. The van der Waals surface area contributed by atoms with Gasteiger partial charge >= 0.3 is 5.97 Å². The Morgan fingerprint density at radius 2 is 1.75 bits per heavy atom. The van der Waals surface area contributed by atoms with Crippen molar-refractivity contribution in [1.82, 2.24) is 10.2 Å². The monoisotopic (exact) mass is 382 g/mol. The summed E-state index contributed by atoms with van der Waals surface area (Å²) in [6.45, 7) is -0.235. The molecule has 0 aliphatic carbocycles. The number of likely N-dealkylation sites (N-methyl/N-ethyl adjacent to an activating group) is 1. The molecule has 3 rings (SSSR count). The van der Waals surface area contributed by atoms with Crippen molar-refractivity contribution >= 4 is 17.8 Å². The summed E-state index contributed by atoms with van der Waals surface area (Å²) in [5, 5.41) is 2.63. The quantitative estimate of drug-likeness (QED) is 0.799. The van der Waals surface area contributed by atoms with Gasteiger partial charge in [-0.3, -0.25) is 14.4 Å². The van der Waals surface area contributed by atoms with Gasteiger partial charge < -0.3 is 19.7 Å². The lowest BCUT2D eigenvalue weighted by Crippen LogP contribution is -2.46. The maximum absolute atomic E-state index is 13.1. The van der Waals surface area contributed by atoms with Crippen LogP contribution in [0.3, 0.4) is 0 Å². The fourth-order valence-electron chi connectivity index (χ4n) is 3.52. The molecule has 1 aliphatic rings. The zero-order valence-corrected chi connectivity index (χ0v) is 16.0. The lowest BCUT2D eigenvalue weighted by Gasteiger charge is -2.39. The lowest BCUT2D eigenvalue weighted by atomic mass is 9.79. The number of benzene rings is 2. The molecule has 0 aromatic heterocycles. The number of esters is 1. The van der Waals surface area contributed by atoms with Crippen molar-refractivity contribution in [3.05, 3.63) is 65.2 Å². The van der Waals surface area contributed by atoms with Crippen LogP contribution in [0.15, 0.2) is 48.5 Å². The minimum absolute atomic E-state index is 0.159. The van der Waals surface area contributed by atoms with E-state index in [1.165, 1.54) is 7.11 Å². The number of carbonyl (C=O) groups excluding carboxylic acids is 3. The summed E-state index contributed by atoms with van der Waals surface area (Å²) in [7, 11) is 4.51. The van der Waals surface area contributed by atoms with Crippen molar-refractivity contribution < 1.29 is 23.9 Å². The highest BCUT2D eigenvalue weighted by Crippen LogP contribution is 2.42. The maximum Gasteiger partial charge on any atom is 0.325 e. The maximum atomic E-state index is 13.1. The van der Waals surface area contributed by atoms with E-state index < -0.39 is 17.9 Å². The van der Waals surface area contributed by atoms with Gasteiger partial charge in [0.25, 0.3) is 5.91 Å². The minimum Gasteiger partial charge on any atom is -0.497 e. The molecule has 1 aliphatic heterocycles. The Morgan fingerprint density at radius 1 is 1.07 bits per heavy atom. The SMILES string of the molecule is COC(=O)CNC(=O)[C@H]1c2ccccc2C(=O)N(C)[C@@H]1c1ccc(OC)cc1. The Morgan fingerprint density at radius 3 is 2.39 bits per heavy atom. The minimum atomic E-state index is -0.669. The van der Waals surface area contributed by atoms with Crippen LogP contribution in [-0.4, -0.2) is 50.5 Å². The molecule has 0 spiro atoms. The number of nitrogens with zero attached hydrogens (tertiary/aromatic N) is 1. The van der Waals surface area contributed by atoms with Crippen LogP contribution >= 0.6 is 0 Å². The van der Waals surface area contributed by atoms with Gasteiger partial charge in [-0.05, 0) is 29.3 Å². The van der Waals surface area contributed by atoms with Crippen LogP contribution in [-0.2, 0) is 14.3 Å². The number of amides is 2. The number of hydrogen-bond donors (Lipinski definition) is 1. The van der Waals surface area contributed by atoms with Gasteiger partial charge in [-0.15, -0.1) is 0 Å². The van der Waals surface area contributed by atoms with Gasteiger partial charge in [0.15, 0.2) is 0 Å². The molecule has 7 heteroatoms. The van der Waals surface area contributed by atoms with Crippen LogP contribution in [0, 0.1) is 0 Å². The molecule has 0 fully saturated rings. The normalized spacial score (nSPS) is 18.2. The highest BCUT2D eigenvalue weighted by Gasteiger charge is 2.42. The predicted molar refractivity (Wildman–Crippen MR) is 102 cm³/mol. The van der Waals surface area contributed by atoms with E-state index in [0.29, 0.717) is 16.9 Å². The average molecular weight is 382 g/mol. The smallest absolute Gasteiger partial charge is 0.325 e. The summed E-state index contributed by atoms with van der Waals surface area (Å²) in [5.74, 6) is -1.04. The topological polar surface area (TPSA) is 84.9 Å². The van der Waals surface area contributed by atoms with Crippen LogP contribution < -0.4 is 10.1 Å². The highest BCUT2D eigenvalue weighted by molar-refractivity contribution is 6.01. The number of ether oxygens (including phenoxy) is 2. The second-order valence-electron chi connectivity index (χ2n) is 6.49. The van der Waals surface area contributed by atoms with Gasteiger partial charge in [0.1, 0.15) is 12.3 Å². The van der Waals surface area contributed by atoms with E-state index in [4.69, 9.17) is 4.74 Å². The summed E-state index contributed by atoms with van der Waals surface area (Å²) in [4.78, 5) is 39.0. The lowest BCUT2D eigenvalue weighted by molar-refractivity contribution is -0.141. The van der Waals surface area contributed by atoms with Crippen LogP contribution in [0.5, 0.6) is 5.75 Å². The standard InChI is InChI=1S/C21H22N2O5/c1-23-19(13-8-10-14(27-2)11-9-13)18(20(25)22-12-17(24)28-3)15-6-4-5-7-16(15)21(23)26/h4-11,18-19H,12H2,1-3H3,(H,22,25)/t18-,19+/m0/s1. The van der Waals surface area contributed by atoms with Crippen molar-refractivity contribution in [2.24, 2.45) is 0 Å². The first-order chi connectivity index (χ1) is 13.5. The molecule has 28 heavy (non-hydrogen) atoms. The van der Waals surface area contributed by atoms with E-state index >= 15 is 0 Å². The number of rotatable bonds is 5. The second kappa shape index (κ2) is 8.12. The molecule has 0 saturated carbocycles. The number of fused-ring (bicyclic) bond motifs is 1. The second-order valence-corrected chi connectivity index (χ2v) is 6.49. The number of hydrogen-bond acceptors (Lipinski definition) is 5. The molecule has 2 aromatic rings. The summed E-state index contributed by atoms with van der Waals surface area (Å²) >= 11 is 0. The molecular weight excluding hydrogens is 360 g/mol. The molecular formula is C21H22N2O5. The van der Waals surface area contributed by atoms with Gasteiger partial charge in [0, 0.05) is 12.6 Å². The third-order valence-electron chi connectivity index (χ3n) is 4.95. The van der Waals surface area contributed by atoms with E-state index in [2.05, 4.69) is 10.1 Å². The first-order valence-corrected chi connectivity index (χ1v) is 8.82. The molecule has 2 amide bonds. The number of methoxy groups -OCH3 is 2. The zero-order valence-electron chi connectivity index (χ0n) is 16.0. The Balaban J connectivity index is 2.04. The van der Waals surface area contributed by atoms with Crippen molar-refractivity contribution in [1.29, 1.82) is 0 Å². The van der Waals surface area contributed by atoms with Crippen molar-refractivity contribution in [2.45, 2.75) is 12.0 Å². The fraction of sp³-hybridized carbons (Fsp3) is 0.286. The molecule has 0 bridgehead atoms. The van der Waals surface area contributed by atoms with Crippen LogP contribution in [0.4, 0.5) is 0 Å². The van der Waals surface area contributed by atoms with Gasteiger partial charge in [0.2, 0.25) is 5.91 Å². The first-order valence-electron chi connectivity index (χ1n) is 8.82. The van der Waals surface area contributed by atoms with Gasteiger partial charge in [-0.25, -0.2) is 0 Å². The third kappa shape index (κ3) is 3.55. The van der Waals surface area contributed by atoms with E-state index in [0.717, 1.165) is 5.56 Å². The predicted octanol–water partition coefficient (Wildman–Crippen LogP) is 1.89. The third-order valence-corrected chi connectivity index (χ3v) is 4.95. The molecule has 7 nitrogen and oxygen atoms in total. The molecule has 1 N–H and O–H groups in total. The average Bonchev–Trinajstić information content (AvgIpc) is 2.74. The largest absolute Gasteiger partial charge is 0.497 e.